The summed E-state index contributed by atoms with van der Waals surface area (Å²) in [6.07, 6.45) is 4.29. The third kappa shape index (κ3) is 2.93. The normalized spacial score (nSPS) is 10.7. The van der Waals surface area contributed by atoms with Gasteiger partial charge in [0, 0.05) is 3.57 Å². The van der Waals surface area contributed by atoms with E-state index in [4.69, 9.17) is 0 Å². The van der Waals surface area contributed by atoms with E-state index in [1.807, 2.05) is 6.07 Å². The minimum absolute atomic E-state index is 1.23. The van der Waals surface area contributed by atoms with Crippen LogP contribution in [0.3, 0.4) is 0 Å². The predicted octanol–water partition coefficient (Wildman–Crippen LogP) is 4.46. The molecule has 15 heavy (non-hydrogen) atoms. The zero-order valence-corrected chi connectivity index (χ0v) is 10.4. The average Bonchev–Trinajstić information content (AvgIpc) is 2.29. The second-order valence-electron chi connectivity index (χ2n) is 3.27. The van der Waals surface area contributed by atoms with Crippen LogP contribution in [-0.4, -0.2) is 0 Å². The van der Waals surface area contributed by atoms with Crippen molar-refractivity contribution in [2.75, 3.05) is 0 Å². The van der Waals surface area contributed by atoms with Gasteiger partial charge >= 0.3 is 0 Å². The number of hydrogen-bond donors (Lipinski definition) is 0. The van der Waals surface area contributed by atoms with Gasteiger partial charge in [0.05, 0.1) is 0 Å². The maximum atomic E-state index is 2.35. The molecule has 0 aliphatic rings. The summed E-state index contributed by atoms with van der Waals surface area (Å²) >= 11 is 2.35. The first-order chi connectivity index (χ1) is 7.36. The molecule has 2 aromatic carbocycles. The fourth-order valence-corrected chi connectivity index (χ4v) is 1.93. The van der Waals surface area contributed by atoms with Gasteiger partial charge in [0.15, 0.2) is 0 Å². The van der Waals surface area contributed by atoms with Gasteiger partial charge in [-0.2, -0.15) is 0 Å². The summed E-state index contributed by atoms with van der Waals surface area (Å²) in [4.78, 5) is 0. The van der Waals surface area contributed by atoms with Gasteiger partial charge in [0.1, 0.15) is 0 Å². The Balaban J connectivity index is 2.23. The first-order valence-corrected chi connectivity index (χ1v) is 5.92. The van der Waals surface area contributed by atoms with Crippen molar-refractivity contribution in [2.45, 2.75) is 0 Å². The fraction of sp³-hybridized carbons (Fsp3) is 0. The number of halogens is 1. The van der Waals surface area contributed by atoms with E-state index < -0.39 is 0 Å². The Hall–Kier alpha value is -1.09. The molecular formula is C14H11I. The lowest BCUT2D eigenvalue weighted by Crippen LogP contribution is -1.77. The molecule has 0 atom stereocenters. The standard InChI is InChI=1S/C14H11I/c15-14-9-5-4-8-13(14)11-10-12-6-2-1-3-7-12/h1-11H/b11-10+. The fourth-order valence-electron chi connectivity index (χ4n) is 1.36. The molecular weight excluding hydrogens is 295 g/mol. The van der Waals surface area contributed by atoms with Crippen molar-refractivity contribution < 1.29 is 0 Å². The summed E-state index contributed by atoms with van der Waals surface area (Å²) in [7, 11) is 0. The number of rotatable bonds is 2. The Morgan fingerprint density at radius 1 is 0.733 bits per heavy atom. The Morgan fingerprint density at radius 2 is 1.40 bits per heavy atom. The topological polar surface area (TPSA) is 0 Å². The van der Waals surface area contributed by atoms with Gasteiger partial charge in [0.25, 0.3) is 0 Å². The molecule has 0 radical (unpaired) electrons. The molecule has 74 valence electrons. The van der Waals surface area contributed by atoms with E-state index in [1.54, 1.807) is 0 Å². The van der Waals surface area contributed by atoms with E-state index in [2.05, 4.69) is 83.3 Å². The van der Waals surface area contributed by atoms with Gasteiger partial charge in [0.2, 0.25) is 0 Å². The Bertz CT molecular complexity index is 458. The highest BCUT2D eigenvalue weighted by atomic mass is 127. The van der Waals surface area contributed by atoms with E-state index in [0.717, 1.165) is 0 Å². The van der Waals surface area contributed by atoms with Gasteiger partial charge in [-0.1, -0.05) is 60.7 Å². The van der Waals surface area contributed by atoms with Crippen LogP contribution in [0.4, 0.5) is 0 Å². The maximum absolute atomic E-state index is 2.35. The molecule has 0 aliphatic heterocycles. The van der Waals surface area contributed by atoms with E-state index in [1.165, 1.54) is 14.7 Å². The third-order valence-electron chi connectivity index (χ3n) is 2.16. The van der Waals surface area contributed by atoms with E-state index >= 15 is 0 Å². The van der Waals surface area contributed by atoms with Crippen LogP contribution in [0, 0.1) is 3.57 Å². The summed E-state index contributed by atoms with van der Waals surface area (Å²) in [6.45, 7) is 0. The van der Waals surface area contributed by atoms with Gasteiger partial charge in [-0.05, 0) is 39.8 Å². The molecule has 0 aliphatic carbocycles. The minimum Gasteiger partial charge on any atom is -0.0622 e. The molecule has 2 aromatic rings. The molecule has 0 amide bonds. The zero-order chi connectivity index (χ0) is 10.5. The van der Waals surface area contributed by atoms with Crippen LogP contribution in [0.15, 0.2) is 54.6 Å². The second kappa shape index (κ2) is 5.12. The lowest BCUT2D eigenvalue weighted by Gasteiger charge is -1.97. The third-order valence-corrected chi connectivity index (χ3v) is 3.14. The molecule has 0 N–H and O–H groups in total. The number of hydrogen-bond acceptors (Lipinski definition) is 0. The first-order valence-electron chi connectivity index (χ1n) is 4.84. The molecule has 0 heterocycles. The van der Waals surface area contributed by atoms with Crippen LogP contribution in [-0.2, 0) is 0 Å². The van der Waals surface area contributed by atoms with E-state index in [0.29, 0.717) is 0 Å². The molecule has 0 saturated carbocycles. The lowest BCUT2D eigenvalue weighted by molar-refractivity contribution is 1.60. The van der Waals surface area contributed by atoms with E-state index in [-0.39, 0.29) is 0 Å². The van der Waals surface area contributed by atoms with Gasteiger partial charge < -0.3 is 0 Å². The minimum atomic E-state index is 1.23. The second-order valence-corrected chi connectivity index (χ2v) is 4.43. The van der Waals surface area contributed by atoms with Crippen LogP contribution < -0.4 is 0 Å². The van der Waals surface area contributed by atoms with Crippen LogP contribution in [0.2, 0.25) is 0 Å². The smallest absolute Gasteiger partial charge is 0.0202 e. The van der Waals surface area contributed by atoms with Crippen LogP contribution in [0.25, 0.3) is 12.2 Å². The van der Waals surface area contributed by atoms with Crippen molar-refractivity contribution in [1.29, 1.82) is 0 Å². The van der Waals surface area contributed by atoms with Crippen molar-refractivity contribution >= 4 is 34.7 Å². The predicted molar refractivity (Wildman–Crippen MR) is 74.5 cm³/mol. The first kappa shape index (κ1) is 10.4. The molecule has 0 unspecified atom stereocenters. The van der Waals surface area contributed by atoms with Gasteiger partial charge in [-0.15, -0.1) is 0 Å². The molecule has 0 fully saturated rings. The Labute approximate surface area is 104 Å². The summed E-state index contributed by atoms with van der Waals surface area (Å²) in [5.74, 6) is 0. The molecule has 0 saturated heterocycles. The molecule has 0 aromatic heterocycles. The van der Waals surface area contributed by atoms with Gasteiger partial charge in [-0.3, -0.25) is 0 Å². The SMILES string of the molecule is Ic1ccccc1/C=C/c1ccccc1. The van der Waals surface area contributed by atoms with Crippen molar-refractivity contribution in [1.82, 2.24) is 0 Å². The average molecular weight is 306 g/mol. The number of benzene rings is 2. The highest BCUT2D eigenvalue weighted by Crippen LogP contribution is 2.14. The molecule has 0 nitrogen and oxygen atoms in total. The van der Waals surface area contributed by atoms with Crippen molar-refractivity contribution in [3.05, 3.63) is 69.3 Å². The summed E-state index contributed by atoms with van der Waals surface area (Å²) < 4.78 is 1.28. The zero-order valence-electron chi connectivity index (χ0n) is 8.23. The summed E-state index contributed by atoms with van der Waals surface area (Å²) in [6, 6.07) is 18.7. The highest BCUT2D eigenvalue weighted by molar-refractivity contribution is 14.1. The van der Waals surface area contributed by atoms with E-state index in [9.17, 15) is 0 Å². The summed E-state index contributed by atoms with van der Waals surface area (Å²) in [5, 5.41) is 0. The molecule has 1 heteroatoms. The summed E-state index contributed by atoms with van der Waals surface area (Å²) in [5.41, 5.74) is 2.50. The lowest BCUT2D eigenvalue weighted by atomic mass is 10.1. The Morgan fingerprint density at radius 3 is 2.13 bits per heavy atom. The van der Waals surface area contributed by atoms with Crippen LogP contribution >= 0.6 is 22.6 Å². The van der Waals surface area contributed by atoms with Crippen LogP contribution in [0.5, 0.6) is 0 Å². The van der Waals surface area contributed by atoms with Crippen LogP contribution in [0.1, 0.15) is 11.1 Å². The molecule has 0 spiro atoms. The molecule has 2 rings (SSSR count). The van der Waals surface area contributed by atoms with Gasteiger partial charge in [-0.25, -0.2) is 0 Å². The van der Waals surface area contributed by atoms with Crippen molar-refractivity contribution in [3.8, 4) is 0 Å². The monoisotopic (exact) mass is 306 g/mol. The Kier molecular flexibility index (Phi) is 3.56. The van der Waals surface area contributed by atoms with Crippen molar-refractivity contribution in [2.24, 2.45) is 0 Å². The molecule has 0 bridgehead atoms. The maximum Gasteiger partial charge on any atom is 0.0202 e. The van der Waals surface area contributed by atoms with Crippen molar-refractivity contribution in [3.63, 3.8) is 0 Å². The highest BCUT2D eigenvalue weighted by Gasteiger charge is 1.92. The quantitative estimate of drug-likeness (QED) is 0.567. The largest absolute Gasteiger partial charge is 0.0622 e.